The van der Waals surface area contributed by atoms with E-state index in [4.69, 9.17) is 4.74 Å². The van der Waals surface area contributed by atoms with Gasteiger partial charge in [-0.3, -0.25) is 0 Å². The Hall–Kier alpha value is 1.52. The summed E-state index contributed by atoms with van der Waals surface area (Å²) >= 11 is 0. The third-order valence-electron chi connectivity index (χ3n) is 1.51. The van der Waals surface area contributed by atoms with Crippen molar-refractivity contribution in [2.75, 3.05) is 39.5 Å². The van der Waals surface area contributed by atoms with Gasteiger partial charge in [0.1, 0.15) is 0 Å². The minimum Gasteiger partial charge on any atom is -0.854 e. The quantitative estimate of drug-likeness (QED) is 0.392. The van der Waals surface area contributed by atoms with Crippen molar-refractivity contribution < 1.29 is 61.2 Å². The van der Waals surface area contributed by atoms with E-state index in [1.54, 1.807) is 0 Å². The third kappa shape index (κ3) is 4.41. The molecule has 0 saturated carbocycles. The summed E-state index contributed by atoms with van der Waals surface area (Å²) in [6, 6.07) is 0. The van der Waals surface area contributed by atoms with Crippen LogP contribution >= 0.6 is 0 Å². The molecule has 0 N–H and O–H groups in total. The van der Waals surface area contributed by atoms with Crippen LogP contribution < -0.4 is 56.5 Å². The maximum Gasteiger partial charge on any atom is 1.00 e. The largest absolute Gasteiger partial charge is 1.00 e. The van der Waals surface area contributed by atoms with Crippen LogP contribution in [0.4, 0.5) is 0 Å². The van der Waals surface area contributed by atoms with Gasteiger partial charge in [0.2, 0.25) is 0 Å². The van der Waals surface area contributed by atoms with E-state index in [1.165, 1.54) is 0 Å². The van der Waals surface area contributed by atoms with Crippen molar-refractivity contribution in [3.8, 4) is 0 Å². The Morgan fingerprint density at radius 3 is 2.40 bits per heavy atom. The van der Waals surface area contributed by atoms with Gasteiger partial charge in [0.15, 0.2) is 0 Å². The van der Waals surface area contributed by atoms with Gasteiger partial charge in [0.05, 0.1) is 13.2 Å². The van der Waals surface area contributed by atoms with Gasteiger partial charge in [-0.15, -0.1) is 6.61 Å². The Kier molecular flexibility index (Phi) is 8.27. The first kappa shape index (κ1) is 11.5. The van der Waals surface area contributed by atoms with E-state index in [0.717, 1.165) is 26.3 Å². The second-order valence-electron chi connectivity index (χ2n) is 2.16. The molecule has 1 heterocycles. The fourth-order valence-electron chi connectivity index (χ4n) is 0.954. The van der Waals surface area contributed by atoms with E-state index in [-0.39, 0.29) is 58.0 Å². The number of hydrogen-bond acceptors (Lipinski definition) is 3. The van der Waals surface area contributed by atoms with E-state index in [0.29, 0.717) is 6.54 Å². The van der Waals surface area contributed by atoms with Crippen molar-refractivity contribution in [2.24, 2.45) is 0 Å². The molecule has 0 aromatic rings. The number of hydrogen-bond donors (Lipinski definition) is 0. The molecule has 0 amide bonds. The van der Waals surface area contributed by atoms with Crippen molar-refractivity contribution in [2.45, 2.75) is 0 Å². The normalized spacial score (nSPS) is 20.1. The molecule has 0 radical (unpaired) electrons. The predicted octanol–water partition coefficient (Wildman–Crippen LogP) is -4.32. The second kappa shape index (κ2) is 7.18. The third-order valence-corrected chi connectivity index (χ3v) is 1.51. The minimum absolute atomic E-state index is 0. The molecule has 10 heavy (non-hydrogen) atoms. The van der Waals surface area contributed by atoms with Gasteiger partial charge in [-0.1, -0.05) is 0 Å². The topological polar surface area (TPSA) is 35.5 Å². The Morgan fingerprint density at radius 2 is 1.90 bits per heavy atom. The first-order chi connectivity index (χ1) is 4.43. The van der Waals surface area contributed by atoms with Crippen LogP contribution in [0, 0.1) is 0 Å². The average Bonchev–Trinajstić information content (AvgIpc) is 1.91. The molecule has 4 heteroatoms. The smallest absolute Gasteiger partial charge is 0.854 e. The molecule has 3 nitrogen and oxygen atoms in total. The molecule has 1 aliphatic heterocycles. The summed E-state index contributed by atoms with van der Waals surface area (Å²) < 4.78 is 5.10. The average molecular weight is 169 g/mol. The maximum absolute atomic E-state index is 10.1. The van der Waals surface area contributed by atoms with Crippen LogP contribution in [0.3, 0.4) is 0 Å². The molecular formula is C6H12KNO2. The van der Waals surface area contributed by atoms with Crippen molar-refractivity contribution in [1.82, 2.24) is 4.90 Å². The molecular weight excluding hydrogens is 157 g/mol. The summed E-state index contributed by atoms with van der Waals surface area (Å²) in [6.07, 6.45) is 0. The zero-order valence-corrected chi connectivity index (χ0v) is 9.63. The summed E-state index contributed by atoms with van der Waals surface area (Å²) in [5.74, 6) is 0. The molecule has 1 rings (SSSR count). The Morgan fingerprint density at radius 1 is 1.30 bits per heavy atom. The molecule has 1 fully saturated rings. The molecule has 0 aliphatic carbocycles. The van der Waals surface area contributed by atoms with Gasteiger partial charge in [-0.25, -0.2) is 0 Å². The zero-order chi connectivity index (χ0) is 6.53. The summed E-state index contributed by atoms with van der Waals surface area (Å²) in [4.78, 5) is 2.14. The van der Waals surface area contributed by atoms with E-state index in [2.05, 4.69) is 4.90 Å². The van der Waals surface area contributed by atoms with E-state index >= 15 is 0 Å². The Balaban J connectivity index is 0.000000810. The Labute approximate surface area is 104 Å². The van der Waals surface area contributed by atoms with Crippen molar-refractivity contribution in [1.29, 1.82) is 0 Å². The SMILES string of the molecule is [K+].[O-]CCN1CCOCC1. The van der Waals surface area contributed by atoms with Crippen LogP contribution in [0.1, 0.15) is 0 Å². The fourth-order valence-corrected chi connectivity index (χ4v) is 0.954. The molecule has 0 atom stereocenters. The Bertz CT molecular complexity index is 73.4. The van der Waals surface area contributed by atoms with Gasteiger partial charge < -0.3 is 14.7 Å². The van der Waals surface area contributed by atoms with Gasteiger partial charge in [0, 0.05) is 13.1 Å². The van der Waals surface area contributed by atoms with Gasteiger partial charge >= 0.3 is 51.4 Å². The number of morpholine rings is 1. The molecule has 54 valence electrons. The van der Waals surface area contributed by atoms with Gasteiger partial charge in [-0.2, -0.15) is 0 Å². The van der Waals surface area contributed by atoms with Crippen LogP contribution in [0.25, 0.3) is 0 Å². The monoisotopic (exact) mass is 169 g/mol. The van der Waals surface area contributed by atoms with Gasteiger partial charge in [-0.05, 0) is 6.54 Å². The van der Waals surface area contributed by atoms with Crippen LogP contribution in [0.2, 0.25) is 0 Å². The number of rotatable bonds is 2. The first-order valence-corrected chi connectivity index (χ1v) is 3.31. The van der Waals surface area contributed by atoms with Crippen LogP contribution in [0.15, 0.2) is 0 Å². The minimum atomic E-state index is 0. The van der Waals surface area contributed by atoms with Gasteiger partial charge in [0.25, 0.3) is 0 Å². The standard InChI is InChI=1S/C6H12NO2.K/c8-4-1-7-2-5-9-6-3-7;/h1-6H2;/q-1;+1. The van der Waals surface area contributed by atoms with E-state index < -0.39 is 0 Å². The summed E-state index contributed by atoms with van der Waals surface area (Å²) in [6.45, 7) is 4.15. The fraction of sp³-hybridized carbons (Fsp3) is 1.00. The molecule has 0 aromatic heterocycles. The second-order valence-corrected chi connectivity index (χ2v) is 2.16. The number of nitrogens with zero attached hydrogens (tertiary/aromatic N) is 1. The molecule has 1 saturated heterocycles. The van der Waals surface area contributed by atoms with Crippen LogP contribution in [-0.4, -0.2) is 44.4 Å². The number of ether oxygens (including phenoxy) is 1. The van der Waals surface area contributed by atoms with Crippen LogP contribution in [0.5, 0.6) is 0 Å². The van der Waals surface area contributed by atoms with Crippen molar-refractivity contribution in [3.63, 3.8) is 0 Å². The summed E-state index contributed by atoms with van der Waals surface area (Å²) in [7, 11) is 0. The zero-order valence-electron chi connectivity index (χ0n) is 6.51. The molecule has 1 aliphatic rings. The van der Waals surface area contributed by atoms with Crippen LogP contribution in [-0.2, 0) is 4.74 Å². The molecule has 0 unspecified atom stereocenters. The molecule has 0 bridgehead atoms. The van der Waals surface area contributed by atoms with E-state index in [9.17, 15) is 5.11 Å². The van der Waals surface area contributed by atoms with Crippen molar-refractivity contribution >= 4 is 0 Å². The molecule has 0 spiro atoms. The van der Waals surface area contributed by atoms with Crippen molar-refractivity contribution in [3.05, 3.63) is 0 Å². The summed E-state index contributed by atoms with van der Waals surface area (Å²) in [5.41, 5.74) is 0. The maximum atomic E-state index is 10.1. The van der Waals surface area contributed by atoms with E-state index in [1.807, 2.05) is 0 Å². The summed E-state index contributed by atoms with van der Waals surface area (Å²) in [5, 5.41) is 10.1. The predicted molar refractivity (Wildman–Crippen MR) is 32.1 cm³/mol. The molecule has 0 aromatic carbocycles. The first-order valence-electron chi connectivity index (χ1n) is 3.31.